The standard InChI is InChI=1S/C22H19ClF2N2O2S/c1-13-20(21(26-29-13)15-4-2-3-5-17(15)23)22(28)27-9-8-19(30-11-10-27)16-12-14(24)6-7-18(16)25/h2-7,12,19H,8-11H2,1H3. The summed E-state index contributed by atoms with van der Waals surface area (Å²) >= 11 is 7.82. The van der Waals surface area contributed by atoms with Gasteiger partial charge < -0.3 is 9.42 Å². The Morgan fingerprint density at radius 3 is 2.83 bits per heavy atom. The Kier molecular flexibility index (Phi) is 6.11. The second kappa shape index (κ2) is 8.78. The predicted molar refractivity (Wildman–Crippen MR) is 114 cm³/mol. The van der Waals surface area contributed by atoms with Crippen LogP contribution >= 0.6 is 23.4 Å². The van der Waals surface area contributed by atoms with Crippen LogP contribution in [0.1, 0.15) is 33.4 Å². The lowest BCUT2D eigenvalue weighted by Crippen LogP contribution is -2.33. The SMILES string of the molecule is Cc1onc(-c2ccccc2Cl)c1C(=O)N1CCSC(c2cc(F)ccc2F)CC1. The smallest absolute Gasteiger partial charge is 0.259 e. The van der Waals surface area contributed by atoms with Crippen LogP contribution in [0.15, 0.2) is 47.0 Å². The van der Waals surface area contributed by atoms with Crippen molar-refractivity contribution >= 4 is 29.3 Å². The monoisotopic (exact) mass is 448 g/mol. The molecule has 2 aromatic carbocycles. The summed E-state index contributed by atoms with van der Waals surface area (Å²) in [5, 5.41) is 4.33. The maximum absolute atomic E-state index is 14.2. The second-order valence-electron chi connectivity index (χ2n) is 7.05. The minimum absolute atomic E-state index is 0.204. The number of thioether (sulfide) groups is 1. The Morgan fingerprint density at radius 2 is 2.03 bits per heavy atom. The van der Waals surface area contributed by atoms with Gasteiger partial charge in [-0.3, -0.25) is 4.79 Å². The van der Waals surface area contributed by atoms with E-state index in [2.05, 4.69) is 5.16 Å². The average Bonchev–Trinajstić information content (AvgIpc) is 2.95. The summed E-state index contributed by atoms with van der Waals surface area (Å²) in [5.41, 5.74) is 1.76. The van der Waals surface area contributed by atoms with E-state index >= 15 is 0 Å². The molecule has 0 bridgehead atoms. The summed E-state index contributed by atoms with van der Waals surface area (Å²) in [7, 11) is 0. The molecule has 0 saturated carbocycles. The first-order valence-corrected chi connectivity index (χ1v) is 11.0. The molecular formula is C22H19ClF2N2O2S. The highest BCUT2D eigenvalue weighted by atomic mass is 35.5. The average molecular weight is 449 g/mol. The lowest BCUT2D eigenvalue weighted by Gasteiger charge is -2.20. The fourth-order valence-electron chi connectivity index (χ4n) is 3.60. The van der Waals surface area contributed by atoms with Crippen LogP contribution < -0.4 is 0 Å². The fraction of sp³-hybridized carbons (Fsp3) is 0.273. The Hall–Kier alpha value is -2.38. The molecule has 0 radical (unpaired) electrons. The van der Waals surface area contributed by atoms with Crippen molar-refractivity contribution < 1.29 is 18.1 Å². The number of rotatable bonds is 3. The van der Waals surface area contributed by atoms with E-state index in [1.165, 1.54) is 17.8 Å². The molecule has 1 saturated heterocycles. The molecule has 1 atom stereocenters. The quantitative estimate of drug-likeness (QED) is 0.500. The molecule has 156 valence electrons. The van der Waals surface area contributed by atoms with Gasteiger partial charge >= 0.3 is 0 Å². The van der Waals surface area contributed by atoms with Crippen LogP contribution in [0.3, 0.4) is 0 Å². The van der Waals surface area contributed by atoms with Crippen molar-refractivity contribution in [2.45, 2.75) is 18.6 Å². The number of benzene rings is 2. The molecule has 30 heavy (non-hydrogen) atoms. The van der Waals surface area contributed by atoms with Gasteiger partial charge in [0.05, 0.1) is 5.02 Å². The van der Waals surface area contributed by atoms with Crippen molar-refractivity contribution in [1.29, 1.82) is 0 Å². The van der Waals surface area contributed by atoms with Crippen molar-refractivity contribution in [2.75, 3.05) is 18.8 Å². The van der Waals surface area contributed by atoms with Crippen LogP contribution in [0.25, 0.3) is 11.3 Å². The van der Waals surface area contributed by atoms with Crippen molar-refractivity contribution in [3.63, 3.8) is 0 Å². The number of nitrogens with zero attached hydrogens (tertiary/aromatic N) is 2. The van der Waals surface area contributed by atoms with Crippen LogP contribution in [0, 0.1) is 18.6 Å². The number of halogens is 3. The number of aryl methyl sites for hydroxylation is 1. The first kappa shape index (κ1) is 20.9. The fourth-order valence-corrected chi connectivity index (χ4v) is 5.07. The van der Waals surface area contributed by atoms with Crippen LogP contribution in [0.4, 0.5) is 8.78 Å². The second-order valence-corrected chi connectivity index (χ2v) is 8.77. The minimum Gasteiger partial charge on any atom is -0.360 e. The number of carbonyl (C=O) groups is 1. The van der Waals surface area contributed by atoms with Crippen LogP contribution in [0.2, 0.25) is 5.02 Å². The van der Waals surface area contributed by atoms with Gasteiger partial charge in [0, 0.05) is 35.2 Å². The van der Waals surface area contributed by atoms with E-state index in [4.69, 9.17) is 16.1 Å². The van der Waals surface area contributed by atoms with Crippen molar-refractivity contribution in [3.05, 3.63) is 76.0 Å². The van der Waals surface area contributed by atoms with Crippen molar-refractivity contribution in [2.24, 2.45) is 0 Å². The van der Waals surface area contributed by atoms with Crippen molar-refractivity contribution in [1.82, 2.24) is 10.1 Å². The molecule has 2 heterocycles. The Balaban J connectivity index is 1.58. The summed E-state index contributed by atoms with van der Waals surface area (Å²) < 4.78 is 33.1. The maximum Gasteiger partial charge on any atom is 0.259 e. The van der Waals surface area contributed by atoms with E-state index < -0.39 is 11.6 Å². The Bertz CT molecular complexity index is 1090. The van der Waals surface area contributed by atoms with Gasteiger partial charge in [0.1, 0.15) is 28.7 Å². The van der Waals surface area contributed by atoms with E-state index in [1.807, 2.05) is 6.07 Å². The highest BCUT2D eigenvalue weighted by Crippen LogP contribution is 2.37. The van der Waals surface area contributed by atoms with E-state index in [1.54, 1.807) is 30.0 Å². The largest absolute Gasteiger partial charge is 0.360 e. The lowest BCUT2D eigenvalue weighted by atomic mass is 10.0. The first-order chi connectivity index (χ1) is 14.5. The molecule has 4 nitrogen and oxygen atoms in total. The van der Waals surface area contributed by atoms with Crippen LogP contribution in [-0.4, -0.2) is 34.8 Å². The van der Waals surface area contributed by atoms with Gasteiger partial charge in [0.25, 0.3) is 5.91 Å². The highest BCUT2D eigenvalue weighted by Gasteiger charge is 2.30. The van der Waals surface area contributed by atoms with Gasteiger partial charge in [-0.05, 0) is 37.6 Å². The lowest BCUT2D eigenvalue weighted by molar-refractivity contribution is 0.0765. The molecular weight excluding hydrogens is 430 g/mol. The van der Waals surface area contributed by atoms with Crippen LogP contribution in [-0.2, 0) is 0 Å². The summed E-state index contributed by atoms with van der Waals surface area (Å²) in [6.07, 6.45) is 0.516. The zero-order valence-corrected chi connectivity index (χ0v) is 17.8. The van der Waals surface area contributed by atoms with Crippen molar-refractivity contribution in [3.8, 4) is 11.3 Å². The first-order valence-electron chi connectivity index (χ1n) is 9.52. The third-order valence-electron chi connectivity index (χ3n) is 5.14. The molecule has 1 unspecified atom stereocenters. The third-order valence-corrected chi connectivity index (χ3v) is 6.78. The topological polar surface area (TPSA) is 46.3 Å². The number of hydrogen-bond donors (Lipinski definition) is 0. The third kappa shape index (κ3) is 4.09. The molecule has 0 aliphatic carbocycles. The number of amides is 1. The molecule has 3 aromatic rings. The molecule has 1 aromatic heterocycles. The maximum atomic E-state index is 14.2. The van der Waals surface area contributed by atoms with Gasteiger partial charge in [-0.2, -0.15) is 11.8 Å². The zero-order valence-electron chi connectivity index (χ0n) is 16.2. The Labute approximate surface area is 182 Å². The van der Waals surface area contributed by atoms with Gasteiger partial charge in [-0.1, -0.05) is 35.0 Å². The minimum atomic E-state index is -0.464. The summed E-state index contributed by atoms with van der Waals surface area (Å²) in [6.45, 7) is 2.60. The number of carbonyl (C=O) groups excluding carboxylic acids is 1. The van der Waals surface area contributed by atoms with Gasteiger partial charge in [0.15, 0.2) is 0 Å². The van der Waals surface area contributed by atoms with E-state index in [0.717, 1.165) is 12.1 Å². The summed E-state index contributed by atoms with van der Waals surface area (Å²) in [5.74, 6) is -0.0691. The number of aromatic nitrogens is 1. The van der Waals surface area contributed by atoms with E-state index in [-0.39, 0.29) is 11.2 Å². The molecule has 0 spiro atoms. The van der Waals surface area contributed by atoms with Gasteiger partial charge in [-0.15, -0.1) is 0 Å². The molecule has 0 N–H and O–H groups in total. The van der Waals surface area contributed by atoms with Gasteiger partial charge in [-0.25, -0.2) is 8.78 Å². The summed E-state index contributed by atoms with van der Waals surface area (Å²) in [4.78, 5) is 15.1. The van der Waals surface area contributed by atoms with E-state index in [0.29, 0.717) is 58.4 Å². The van der Waals surface area contributed by atoms with E-state index in [9.17, 15) is 13.6 Å². The molecule has 8 heteroatoms. The molecule has 1 aliphatic rings. The molecule has 1 fully saturated rings. The predicted octanol–water partition coefficient (Wildman–Crippen LogP) is 5.90. The molecule has 4 rings (SSSR count). The Morgan fingerprint density at radius 1 is 1.23 bits per heavy atom. The summed E-state index contributed by atoms with van der Waals surface area (Å²) in [6, 6.07) is 10.6. The normalized spacial score (nSPS) is 17.1. The molecule has 1 amide bonds. The highest BCUT2D eigenvalue weighted by molar-refractivity contribution is 7.99. The van der Waals surface area contributed by atoms with Gasteiger partial charge in [0.2, 0.25) is 0 Å². The van der Waals surface area contributed by atoms with Crippen LogP contribution in [0.5, 0.6) is 0 Å². The molecule has 1 aliphatic heterocycles. The zero-order chi connectivity index (χ0) is 21.3. The number of hydrogen-bond acceptors (Lipinski definition) is 4.